The second-order valence-electron chi connectivity index (χ2n) is 7.10. The van der Waals surface area contributed by atoms with Gasteiger partial charge in [0, 0.05) is 6.04 Å². The molecule has 3 unspecified atom stereocenters. The molecule has 1 nitrogen and oxygen atoms in total. The van der Waals surface area contributed by atoms with Gasteiger partial charge in [0.1, 0.15) is 0 Å². The molecule has 0 aromatic heterocycles. The third kappa shape index (κ3) is 6.16. The van der Waals surface area contributed by atoms with Gasteiger partial charge in [0.15, 0.2) is 0 Å². The molecule has 0 bridgehead atoms. The van der Waals surface area contributed by atoms with Gasteiger partial charge in [-0.15, -0.1) is 0 Å². The Labute approximate surface area is 128 Å². The lowest BCUT2D eigenvalue weighted by Crippen LogP contribution is -2.39. The van der Waals surface area contributed by atoms with E-state index in [9.17, 15) is 0 Å². The lowest BCUT2D eigenvalue weighted by Gasteiger charge is -2.32. The van der Waals surface area contributed by atoms with Gasteiger partial charge in [0.05, 0.1) is 0 Å². The molecule has 1 aliphatic rings. The van der Waals surface area contributed by atoms with E-state index in [4.69, 9.17) is 0 Å². The average Bonchev–Trinajstić information content (AvgIpc) is 2.58. The first-order valence-electron chi connectivity index (χ1n) is 9.46. The minimum absolute atomic E-state index is 0.780. The predicted molar refractivity (Wildman–Crippen MR) is 91.1 cm³/mol. The molecule has 1 aliphatic heterocycles. The third-order valence-electron chi connectivity index (χ3n) is 5.63. The molecule has 0 aromatic rings. The summed E-state index contributed by atoms with van der Waals surface area (Å²) in [6, 6.07) is 0.780. The van der Waals surface area contributed by atoms with Crippen LogP contribution in [0.2, 0.25) is 0 Å². The Morgan fingerprint density at radius 3 is 2.45 bits per heavy atom. The maximum atomic E-state index is 3.91. The van der Waals surface area contributed by atoms with Crippen LogP contribution in [0.3, 0.4) is 0 Å². The van der Waals surface area contributed by atoms with E-state index in [1.165, 1.54) is 70.8 Å². The van der Waals surface area contributed by atoms with Crippen LogP contribution in [-0.2, 0) is 0 Å². The summed E-state index contributed by atoms with van der Waals surface area (Å²) in [6.07, 6.45) is 14.0. The molecule has 1 fully saturated rings. The Bertz CT molecular complexity index is 226. The van der Waals surface area contributed by atoms with Crippen molar-refractivity contribution in [3.63, 3.8) is 0 Å². The summed E-state index contributed by atoms with van der Waals surface area (Å²) < 4.78 is 0. The van der Waals surface area contributed by atoms with Gasteiger partial charge >= 0.3 is 0 Å². The first kappa shape index (κ1) is 18.0. The van der Waals surface area contributed by atoms with E-state index in [-0.39, 0.29) is 0 Å². The monoisotopic (exact) mass is 281 g/mol. The summed E-state index contributed by atoms with van der Waals surface area (Å²) in [5.41, 5.74) is 0. The first-order chi connectivity index (χ1) is 9.72. The van der Waals surface area contributed by atoms with Crippen molar-refractivity contribution in [2.24, 2.45) is 17.8 Å². The smallest absolute Gasteiger partial charge is 0.00977 e. The lowest BCUT2D eigenvalue weighted by atomic mass is 9.80. The Hall–Kier alpha value is -0.0400. The van der Waals surface area contributed by atoms with Gasteiger partial charge in [-0.2, -0.15) is 0 Å². The van der Waals surface area contributed by atoms with Crippen LogP contribution in [0.25, 0.3) is 0 Å². The molecule has 20 heavy (non-hydrogen) atoms. The Morgan fingerprint density at radius 1 is 1.05 bits per heavy atom. The maximum Gasteiger partial charge on any atom is 0.00977 e. The van der Waals surface area contributed by atoms with Gasteiger partial charge in [-0.25, -0.2) is 0 Å². The van der Waals surface area contributed by atoms with Crippen LogP contribution in [0.1, 0.15) is 91.9 Å². The molecule has 0 radical (unpaired) electrons. The van der Waals surface area contributed by atoms with E-state index in [0.29, 0.717) is 0 Å². The quantitative estimate of drug-likeness (QED) is 0.623. The fourth-order valence-electron chi connectivity index (χ4n) is 4.15. The largest absolute Gasteiger partial charge is 0.314 e. The molecule has 0 saturated carbocycles. The third-order valence-corrected chi connectivity index (χ3v) is 5.63. The minimum atomic E-state index is 0.780. The number of nitrogens with one attached hydrogen (secondary N) is 1. The van der Waals surface area contributed by atoms with Crippen LogP contribution >= 0.6 is 0 Å². The van der Waals surface area contributed by atoms with Crippen molar-refractivity contribution < 1.29 is 0 Å². The predicted octanol–water partition coefficient (Wildman–Crippen LogP) is 5.79. The zero-order valence-corrected chi connectivity index (χ0v) is 14.6. The topological polar surface area (TPSA) is 12.0 Å². The fraction of sp³-hybridized carbons (Fsp3) is 1.00. The zero-order valence-electron chi connectivity index (χ0n) is 14.6. The van der Waals surface area contributed by atoms with Gasteiger partial charge in [-0.05, 0) is 43.6 Å². The minimum Gasteiger partial charge on any atom is -0.314 e. The van der Waals surface area contributed by atoms with Crippen molar-refractivity contribution in [3.05, 3.63) is 0 Å². The van der Waals surface area contributed by atoms with Crippen molar-refractivity contribution in [2.45, 2.75) is 97.9 Å². The van der Waals surface area contributed by atoms with Crippen molar-refractivity contribution >= 4 is 0 Å². The summed E-state index contributed by atoms with van der Waals surface area (Å²) in [7, 11) is 0. The number of unbranched alkanes of at least 4 members (excludes halogenated alkanes) is 1. The molecule has 1 heteroatoms. The van der Waals surface area contributed by atoms with Gasteiger partial charge in [0.2, 0.25) is 0 Å². The molecule has 0 spiro atoms. The molecule has 0 amide bonds. The van der Waals surface area contributed by atoms with Crippen LogP contribution in [0.15, 0.2) is 0 Å². The second-order valence-corrected chi connectivity index (χ2v) is 7.10. The SMILES string of the molecule is CCCCC(C)[C@@H](CC)C1CCCC(CC)CCCN1. The molecule has 1 heterocycles. The highest BCUT2D eigenvalue weighted by molar-refractivity contribution is 4.81. The van der Waals surface area contributed by atoms with Crippen molar-refractivity contribution in [3.8, 4) is 0 Å². The van der Waals surface area contributed by atoms with Gasteiger partial charge < -0.3 is 5.32 Å². The van der Waals surface area contributed by atoms with E-state index >= 15 is 0 Å². The average molecular weight is 282 g/mol. The standard InChI is InChI=1S/C19H39N/c1-5-8-11-16(4)18(7-3)19-14-9-12-17(6-2)13-10-15-20-19/h16-20H,5-15H2,1-4H3/t16?,17?,18-,19?/m1/s1. The van der Waals surface area contributed by atoms with Crippen LogP contribution in [0, 0.1) is 17.8 Å². The first-order valence-corrected chi connectivity index (χ1v) is 9.46. The van der Waals surface area contributed by atoms with E-state index in [1.807, 2.05) is 0 Å². The molecule has 0 aromatic carbocycles. The highest BCUT2D eigenvalue weighted by Gasteiger charge is 2.25. The number of hydrogen-bond acceptors (Lipinski definition) is 1. The maximum absolute atomic E-state index is 3.91. The summed E-state index contributed by atoms with van der Waals surface area (Å²) in [6.45, 7) is 10.8. The highest BCUT2D eigenvalue weighted by atomic mass is 14.9. The summed E-state index contributed by atoms with van der Waals surface area (Å²) in [5.74, 6) is 2.77. The molecular weight excluding hydrogens is 242 g/mol. The molecule has 1 N–H and O–H groups in total. The Kier molecular flexibility index (Phi) is 9.59. The molecule has 1 saturated heterocycles. The molecule has 4 atom stereocenters. The van der Waals surface area contributed by atoms with E-state index < -0.39 is 0 Å². The summed E-state index contributed by atoms with van der Waals surface area (Å²) in [5, 5.41) is 3.91. The second kappa shape index (κ2) is 10.7. The lowest BCUT2D eigenvalue weighted by molar-refractivity contribution is 0.228. The van der Waals surface area contributed by atoms with E-state index in [0.717, 1.165) is 23.8 Å². The molecule has 120 valence electrons. The van der Waals surface area contributed by atoms with Crippen LogP contribution in [-0.4, -0.2) is 12.6 Å². The van der Waals surface area contributed by atoms with E-state index in [1.54, 1.807) is 0 Å². The Morgan fingerprint density at radius 2 is 1.80 bits per heavy atom. The van der Waals surface area contributed by atoms with Gasteiger partial charge in [0.25, 0.3) is 0 Å². The van der Waals surface area contributed by atoms with Crippen molar-refractivity contribution in [1.82, 2.24) is 5.32 Å². The van der Waals surface area contributed by atoms with Gasteiger partial charge in [-0.3, -0.25) is 0 Å². The van der Waals surface area contributed by atoms with Crippen LogP contribution in [0.4, 0.5) is 0 Å². The molecule has 0 aliphatic carbocycles. The summed E-state index contributed by atoms with van der Waals surface area (Å²) >= 11 is 0. The van der Waals surface area contributed by atoms with Crippen molar-refractivity contribution in [1.29, 1.82) is 0 Å². The Balaban J connectivity index is 2.51. The number of rotatable bonds is 7. The van der Waals surface area contributed by atoms with Crippen LogP contribution < -0.4 is 5.32 Å². The fourth-order valence-corrected chi connectivity index (χ4v) is 4.15. The van der Waals surface area contributed by atoms with Crippen LogP contribution in [0.5, 0.6) is 0 Å². The number of hydrogen-bond donors (Lipinski definition) is 1. The zero-order chi connectivity index (χ0) is 14.8. The normalized spacial score (nSPS) is 28.2. The molecule has 1 rings (SSSR count). The highest BCUT2D eigenvalue weighted by Crippen LogP contribution is 2.29. The summed E-state index contributed by atoms with van der Waals surface area (Å²) in [4.78, 5) is 0. The van der Waals surface area contributed by atoms with Crippen molar-refractivity contribution in [2.75, 3.05) is 6.54 Å². The van der Waals surface area contributed by atoms with Gasteiger partial charge in [-0.1, -0.05) is 72.6 Å². The molecular formula is C19H39N. The van der Waals surface area contributed by atoms with E-state index in [2.05, 4.69) is 33.0 Å².